The molecular formula is C10H23N3. The average Bonchev–Trinajstić information content (AvgIpc) is 1.93. The predicted octanol–water partition coefficient (Wildman–Crippen LogP) is 0.230. The topological polar surface area (TPSA) is 18.5 Å². The van der Waals surface area contributed by atoms with Crippen LogP contribution in [0.3, 0.4) is 0 Å². The number of hydrogen-bond acceptors (Lipinski definition) is 3. The summed E-state index contributed by atoms with van der Waals surface area (Å²) < 4.78 is 0. The Labute approximate surface area is 82.1 Å². The maximum Gasteiger partial charge on any atom is 0.0345 e. The van der Waals surface area contributed by atoms with Crippen molar-refractivity contribution in [1.29, 1.82) is 0 Å². The maximum absolute atomic E-state index is 3.58. The Balaban J connectivity index is 2.44. The molecule has 0 saturated carbocycles. The fraction of sp³-hybridized carbons (Fsp3) is 1.00. The van der Waals surface area contributed by atoms with Crippen LogP contribution in [-0.2, 0) is 0 Å². The first-order chi connectivity index (χ1) is 5.91. The van der Waals surface area contributed by atoms with Crippen molar-refractivity contribution in [3.8, 4) is 0 Å². The molecule has 0 aromatic carbocycles. The van der Waals surface area contributed by atoms with E-state index in [0.717, 1.165) is 19.6 Å². The van der Waals surface area contributed by atoms with E-state index in [9.17, 15) is 0 Å². The van der Waals surface area contributed by atoms with E-state index < -0.39 is 0 Å². The van der Waals surface area contributed by atoms with Crippen LogP contribution in [0.1, 0.15) is 13.8 Å². The number of hydrogen-bond donors (Lipinski definition) is 1. The van der Waals surface area contributed by atoms with Gasteiger partial charge in [0.25, 0.3) is 0 Å². The summed E-state index contributed by atoms with van der Waals surface area (Å²) in [5.74, 6) is 0. The first-order valence-electron chi connectivity index (χ1n) is 5.01. The Morgan fingerprint density at radius 1 is 1.46 bits per heavy atom. The molecule has 0 radical (unpaired) electrons. The summed E-state index contributed by atoms with van der Waals surface area (Å²) in [5, 5.41) is 3.58. The number of nitrogens with one attached hydrogen (secondary N) is 1. The third kappa shape index (κ3) is 3.25. The number of rotatable bonds is 2. The number of nitrogens with zero attached hydrogens (tertiary/aromatic N) is 2. The molecule has 1 heterocycles. The van der Waals surface area contributed by atoms with Crippen LogP contribution in [0.4, 0.5) is 0 Å². The summed E-state index contributed by atoms with van der Waals surface area (Å²) in [6.45, 7) is 7.89. The Bertz CT molecular complexity index is 166. The zero-order chi connectivity index (χ0) is 10.1. The minimum absolute atomic E-state index is 0.275. The molecule has 1 aliphatic heterocycles. The zero-order valence-corrected chi connectivity index (χ0v) is 9.59. The SMILES string of the molecule is CN(C)CC1CNC(C)(C)CN1C. The maximum atomic E-state index is 3.58. The molecule has 1 N–H and O–H groups in total. The first-order valence-corrected chi connectivity index (χ1v) is 5.01. The van der Waals surface area contributed by atoms with Gasteiger partial charge in [0.1, 0.15) is 0 Å². The molecular weight excluding hydrogens is 162 g/mol. The van der Waals surface area contributed by atoms with E-state index in [1.54, 1.807) is 0 Å². The molecule has 0 aromatic rings. The zero-order valence-electron chi connectivity index (χ0n) is 9.59. The van der Waals surface area contributed by atoms with Gasteiger partial charge in [-0.25, -0.2) is 0 Å². The van der Waals surface area contributed by atoms with Crippen LogP contribution in [0.2, 0.25) is 0 Å². The summed E-state index contributed by atoms with van der Waals surface area (Å²) >= 11 is 0. The van der Waals surface area contributed by atoms with Gasteiger partial charge in [0.2, 0.25) is 0 Å². The Kier molecular flexibility index (Phi) is 3.33. The smallest absolute Gasteiger partial charge is 0.0345 e. The average molecular weight is 185 g/mol. The third-order valence-corrected chi connectivity index (χ3v) is 2.66. The van der Waals surface area contributed by atoms with Crippen molar-refractivity contribution in [2.45, 2.75) is 25.4 Å². The first kappa shape index (κ1) is 11.0. The standard InChI is InChI=1S/C10H23N3/c1-10(2)8-13(5)9(6-11-10)7-12(3)4/h9,11H,6-8H2,1-5H3. The van der Waals surface area contributed by atoms with Gasteiger partial charge in [-0.15, -0.1) is 0 Å². The van der Waals surface area contributed by atoms with Crippen molar-refractivity contribution in [1.82, 2.24) is 15.1 Å². The normalized spacial score (nSPS) is 29.5. The van der Waals surface area contributed by atoms with E-state index in [2.05, 4.69) is 50.1 Å². The monoisotopic (exact) mass is 185 g/mol. The molecule has 1 unspecified atom stereocenters. The molecule has 0 bridgehead atoms. The molecule has 0 spiro atoms. The second-order valence-corrected chi connectivity index (χ2v) is 5.10. The molecule has 1 atom stereocenters. The molecule has 1 fully saturated rings. The summed E-state index contributed by atoms with van der Waals surface area (Å²) in [6.07, 6.45) is 0. The van der Waals surface area contributed by atoms with Crippen LogP contribution in [0.15, 0.2) is 0 Å². The lowest BCUT2D eigenvalue weighted by molar-refractivity contribution is 0.103. The van der Waals surface area contributed by atoms with Crippen molar-refractivity contribution in [2.75, 3.05) is 40.8 Å². The van der Waals surface area contributed by atoms with Crippen LogP contribution in [-0.4, -0.2) is 62.2 Å². The van der Waals surface area contributed by atoms with Gasteiger partial charge >= 0.3 is 0 Å². The molecule has 0 aliphatic carbocycles. The second kappa shape index (κ2) is 3.95. The molecule has 3 nitrogen and oxygen atoms in total. The van der Waals surface area contributed by atoms with Crippen LogP contribution in [0.25, 0.3) is 0 Å². The lowest BCUT2D eigenvalue weighted by atomic mass is 9.99. The Hall–Kier alpha value is -0.120. The van der Waals surface area contributed by atoms with Gasteiger partial charge in [0, 0.05) is 31.2 Å². The van der Waals surface area contributed by atoms with Crippen molar-refractivity contribution in [3.63, 3.8) is 0 Å². The summed E-state index contributed by atoms with van der Waals surface area (Å²) in [6, 6.07) is 0.656. The highest BCUT2D eigenvalue weighted by atomic mass is 15.3. The van der Waals surface area contributed by atoms with Crippen molar-refractivity contribution in [2.24, 2.45) is 0 Å². The molecule has 1 saturated heterocycles. The quantitative estimate of drug-likeness (QED) is 0.664. The summed E-state index contributed by atoms with van der Waals surface area (Å²) in [7, 11) is 6.48. The van der Waals surface area contributed by atoms with Crippen molar-refractivity contribution in [3.05, 3.63) is 0 Å². The van der Waals surface area contributed by atoms with E-state index >= 15 is 0 Å². The molecule has 3 heteroatoms. The van der Waals surface area contributed by atoms with Gasteiger partial charge in [-0.3, -0.25) is 4.90 Å². The molecule has 0 amide bonds. The predicted molar refractivity (Wildman–Crippen MR) is 57.1 cm³/mol. The van der Waals surface area contributed by atoms with E-state index in [-0.39, 0.29) is 5.54 Å². The fourth-order valence-electron chi connectivity index (χ4n) is 1.98. The van der Waals surface area contributed by atoms with Crippen LogP contribution < -0.4 is 5.32 Å². The number of likely N-dealkylation sites (N-methyl/N-ethyl adjacent to an activating group) is 2. The van der Waals surface area contributed by atoms with Crippen molar-refractivity contribution >= 4 is 0 Å². The summed E-state index contributed by atoms with van der Waals surface area (Å²) in [4.78, 5) is 4.71. The van der Waals surface area contributed by atoms with Gasteiger partial charge in [-0.2, -0.15) is 0 Å². The molecule has 1 rings (SSSR count). The third-order valence-electron chi connectivity index (χ3n) is 2.66. The van der Waals surface area contributed by atoms with Crippen LogP contribution in [0, 0.1) is 0 Å². The second-order valence-electron chi connectivity index (χ2n) is 5.10. The van der Waals surface area contributed by atoms with Gasteiger partial charge < -0.3 is 10.2 Å². The van der Waals surface area contributed by atoms with Crippen molar-refractivity contribution < 1.29 is 0 Å². The molecule has 78 valence electrons. The minimum atomic E-state index is 0.275. The van der Waals surface area contributed by atoms with Crippen LogP contribution >= 0.6 is 0 Å². The highest BCUT2D eigenvalue weighted by Crippen LogP contribution is 2.13. The van der Waals surface area contributed by atoms with E-state index in [1.807, 2.05) is 0 Å². The Morgan fingerprint density at radius 2 is 2.08 bits per heavy atom. The van der Waals surface area contributed by atoms with Gasteiger partial charge in [0.05, 0.1) is 0 Å². The minimum Gasteiger partial charge on any atom is -0.309 e. The van der Waals surface area contributed by atoms with Gasteiger partial charge in [-0.05, 0) is 35.0 Å². The van der Waals surface area contributed by atoms with E-state index in [0.29, 0.717) is 6.04 Å². The Morgan fingerprint density at radius 3 is 2.54 bits per heavy atom. The summed E-state index contributed by atoms with van der Waals surface area (Å²) in [5.41, 5.74) is 0.275. The fourth-order valence-corrected chi connectivity index (χ4v) is 1.98. The van der Waals surface area contributed by atoms with Crippen LogP contribution in [0.5, 0.6) is 0 Å². The molecule has 1 aliphatic rings. The highest BCUT2D eigenvalue weighted by molar-refractivity contribution is 4.91. The van der Waals surface area contributed by atoms with E-state index in [4.69, 9.17) is 0 Å². The highest BCUT2D eigenvalue weighted by Gasteiger charge is 2.29. The number of piperazine rings is 1. The molecule has 13 heavy (non-hydrogen) atoms. The lowest BCUT2D eigenvalue weighted by Gasteiger charge is -2.43. The van der Waals surface area contributed by atoms with Gasteiger partial charge in [0.15, 0.2) is 0 Å². The molecule has 0 aromatic heterocycles. The largest absolute Gasteiger partial charge is 0.309 e. The lowest BCUT2D eigenvalue weighted by Crippen LogP contribution is -2.62. The van der Waals surface area contributed by atoms with E-state index in [1.165, 1.54) is 0 Å². The van der Waals surface area contributed by atoms with Gasteiger partial charge in [-0.1, -0.05) is 0 Å².